The van der Waals surface area contributed by atoms with Gasteiger partial charge in [0.2, 0.25) is 0 Å². The largest absolute Gasteiger partial charge is 0.461 e. The molecule has 4 heteroatoms. The molecule has 2 saturated heterocycles. The van der Waals surface area contributed by atoms with Crippen LogP contribution in [0.2, 0.25) is 0 Å². The van der Waals surface area contributed by atoms with Crippen molar-refractivity contribution in [1.82, 2.24) is 0 Å². The molecule has 4 fully saturated rings. The molecule has 4 nitrogen and oxygen atoms in total. The summed E-state index contributed by atoms with van der Waals surface area (Å²) < 4.78 is 15.6. The number of epoxide rings is 2. The third-order valence-electron chi connectivity index (χ3n) is 4.53. The monoisotopic (exact) mass is 254 g/mol. The van der Waals surface area contributed by atoms with Gasteiger partial charge in [0.1, 0.15) is 5.60 Å². The zero-order valence-corrected chi connectivity index (χ0v) is 11.0. The first kappa shape index (κ1) is 12.4. The summed E-state index contributed by atoms with van der Waals surface area (Å²) in [6.07, 6.45) is 10.6. The highest BCUT2D eigenvalue weighted by Crippen LogP contribution is 2.42. The Kier molecular flexibility index (Phi) is 3.32. The highest BCUT2D eigenvalue weighted by atomic mass is 16.6. The van der Waals surface area contributed by atoms with Crippen molar-refractivity contribution >= 4 is 6.47 Å². The molecule has 2 aliphatic carbocycles. The second kappa shape index (κ2) is 4.82. The molecule has 0 spiro atoms. The van der Waals surface area contributed by atoms with Crippen LogP contribution in [-0.2, 0) is 19.0 Å². The van der Waals surface area contributed by atoms with E-state index in [1.165, 1.54) is 25.7 Å². The standard InChI is InChI=1S/C8H12O3.C6H10O/c1-8(10-5-9)3-2-6-7(4-8)11-6;1-2-4-6-5(3-1)7-6/h5-7H,2-4H2,1H3;5-6H,1-4H2. The average Bonchev–Trinajstić information content (AvgIpc) is 3.23. The molecule has 5 unspecified atom stereocenters. The van der Waals surface area contributed by atoms with Crippen molar-refractivity contribution in [2.75, 3.05) is 0 Å². The van der Waals surface area contributed by atoms with Crippen LogP contribution in [0.5, 0.6) is 0 Å². The van der Waals surface area contributed by atoms with E-state index in [9.17, 15) is 4.79 Å². The molecular weight excluding hydrogens is 232 g/mol. The van der Waals surface area contributed by atoms with E-state index in [1.807, 2.05) is 6.92 Å². The second-order valence-corrected chi connectivity index (χ2v) is 6.12. The van der Waals surface area contributed by atoms with E-state index in [1.54, 1.807) is 0 Å². The van der Waals surface area contributed by atoms with Crippen molar-refractivity contribution < 1.29 is 19.0 Å². The van der Waals surface area contributed by atoms with Gasteiger partial charge in [0.15, 0.2) is 0 Å². The number of ether oxygens (including phenoxy) is 3. The molecule has 102 valence electrons. The van der Waals surface area contributed by atoms with Gasteiger partial charge in [-0.05, 0) is 32.6 Å². The molecule has 0 aromatic carbocycles. The average molecular weight is 254 g/mol. The Hall–Kier alpha value is -0.610. The van der Waals surface area contributed by atoms with Crippen LogP contribution < -0.4 is 0 Å². The van der Waals surface area contributed by atoms with E-state index in [4.69, 9.17) is 14.2 Å². The summed E-state index contributed by atoms with van der Waals surface area (Å²) in [5, 5.41) is 0. The van der Waals surface area contributed by atoms with Crippen LogP contribution in [0.25, 0.3) is 0 Å². The van der Waals surface area contributed by atoms with Crippen LogP contribution in [0.3, 0.4) is 0 Å². The van der Waals surface area contributed by atoms with Crippen LogP contribution in [0.15, 0.2) is 0 Å². The number of hydrogen-bond donors (Lipinski definition) is 0. The van der Waals surface area contributed by atoms with Gasteiger partial charge in [0.05, 0.1) is 24.4 Å². The Bertz CT molecular complexity index is 309. The van der Waals surface area contributed by atoms with E-state index < -0.39 is 0 Å². The zero-order valence-electron chi connectivity index (χ0n) is 11.0. The van der Waals surface area contributed by atoms with Crippen molar-refractivity contribution in [3.05, 3.63) is 0 Å². The minimum absolute atomic E-state index is 0.251. The molecule has 0 aromatic heterocycles. The lowest BCUT2D eigenvalue weighted by Gasteiger charge is -2.29. The van der Waals surface area contributed by atoms with Gasteiger partial charge >= 0.3 is 0 Å². The number of carbonyl (C=O) groups excluding carboxylic acids is 1. The van der Waals surface area contributed by atoms with Gasteiger partial charge in [-0.25, -0.2) is 0 Å². The summed E-state index contributed by atoms with van der Waals surface area (Å²) >= 11 is 0. The topological polar surface area (TPSA) is 51.4 Å². The van der Waals surface area contributed by atoms with E-state index in [0.717, 1.165) is 19.3 Å². The van der Waals surface area contributed by atoms with E-state index >= 15 is 0 Å². The van der Waals surface area contributed by atoms with Gasteiger partial charge < -0.3 is 14.2 Å². The van der Waals surface area contributed by atoms with Crippen LogP contribution in [0, 0.1) is 0 Å². The molecule has 2 saturated carbocycles. The van der Waals surface area contributed by atoms with Gasteiger partial charge in [0, 0.05) is 6.42 Å². The van der Waals surface area contributed by atoms with Crippen LogP contribution in [0.1, 0.15) is 51.9 Å². The quantitative estimate of drug-likeness (QED) is 0.560. The van der Waals surface area contributed by atoms with Gasteiger partial charge in [0.25, 0.3) is 6.47 Å². The molecular formula is C14H22O4. The van der Waals surface area contributed by atoms with E-state index in [2.05, 4.69) is 0 Å². The normalized spacial score (nSPS) is 47.8. The van der Waals surface area contributed by atoms with Gasteiger partial charge in [-0.3, -0.25) is 4.79 Å². The molecule has 0 radical (unpaired) electrons. The Morgan fingerprint density at radius 3 is 2.22 bits per heavy atom. The highest BCUT2D eigenvalue weighted by molar-refractivity contribution is 5.38. The molecule has 0 N–H and O–H groups in total. The Morgan fingerprint density at radius 2 is 1.67 bits per heavy atom. The molecule has 4 rings (SSSR count). The minimum Gasteiger partial charge on any atom is -0.461 e. The molecule has 2 aliphatic heterocycles. The van der Waals surface area contributed by atoms with Crippen molar-refractivity contribution in [2.24, 2.45) is 0 Å². The highest BCUT2D eigenvalue weighted by Gasteiger charge is 2.49. The molecule has 0 aromatic rings. The Balaban J connectivity index is 0.000000122. The lowest BCUT2D eigenvalue weighted by molar-refractivity contribution is -0.144. The SMILES string of the molecule is C1CCC2OC2C1.CC1(OC=O)CCC2OC2C1. The van der Waals surface area contributed by atoms with Crippen molar-refractivity contribution in [3.8, 4) is 0 Å². The summed E-state index contributed by atoms with van der Waals surface area (Å²) in [7, 11) is 0. The zero-order chi connectivity index (χ0) is 12.6. The maximum absolute atomic E-state index is 10.1. The van der Waals surface area contributed by atoms with E-state index in [-0.39, 0.29) is 5.60 Å². The Labute approximate surface area is 108 Å². The third kappa shape index (κ3) is 2.86. The molecule has 5 atom stereocenters. The second-order valence-electron chi connectivity index (χ2n) is 6.12. The minimum atomic E-state index is -0.251. The molecule has 4 aliphatic rings. The summed E-state index contributed by atoms with van der Waals surface area (Å²) in [4.78, 5) is 10.1. The van der Waals surface area contributed by atoms with Gasteiger partial charge in [-0.2, -0.15) is 0 Å². The predicted molar refractivity (Wildman–Crippen MR) is 65.2 cm³/mol. The third-order valence-corrected chi connectivity index (χ3v) is 4.53. The number of carbonyl (C=O) groups is 1. The Morgan fingerprint density at radius 1 is 1.06 bits per heavy atom. The first-order valence-corrected chi connectivity index (χ1v) is 7.13. The molecule has 18 heavy (non-hydrogen) atoms. The van der Waals surface area contributed by atoms with Crippen LogP contribution in [-0.4, -0.2) is 36.5 Å². The van der Waals surface area contributed by atoms with Gasteiger partial charge in [-0.1, -0.05) is 12.8 Å². The van der Waals surface area contributed by atoms with Crippen molar-refractivity contribution in [1.29, 1.82) is 0 Å². The fourth-order valence-corrected chi connectivity index (χ4v) is 3.19. The van der Waals surface area contributed by atoms with Crippen LogP contribution in [0.4, 0.5) is 0 Å². The smallest absolute Gasteiger partial charge is 0.293 e. The number of rotatable bonds is 2. The molecule has 0 amide bonds. The first-order valence-electron chi connectivity index (χ1n) is 7.13. The predicted octanol–water partition coefficient (Wildman–Crippen LogP) is 2.20. The van der Waals surface area contributed by atoms with Crippen molar-refractivity contribution in [3.63, 3.8) is 0 Å². The van der Waals surface area contributed by atoms with Crippen molar-refractivity contribution in [2.45, 2.75) is 81.9 Å². The molecule has 0 bridgehead atoms. The first-order chi connectivity index (χ1) is 8.70. The number of fused-ring (bicyclic) bond motifs is 2. The summed E-state index contributed by atoms with van der Waals surface area (Å²) in [6, 6.07) is 0. The van der Waals surface area contributed by atoms with Gasteiger partial charge in [-0.15, -0.1) is 0 Å². The fraction of sp³-hybridized carbons (Fsp3) is 0.929. The maximum atomic E-state index is 10.1. The lowest BCUT2D eigenvalue weighted by Crippen LogP contribution is -2.34. The lowest BCUT2D eigenvalue weighted by atomic mass is 9.86. The molecule has 2 heterocycles. The number of hydrogen-bond acceptors (Lipinski definition) is 4. The summed E-state index contributed by atoms with van der Waals surface area (Å²) in [5.74, 6) is 0. The summed E-state index contributed by atoms with van der Waals surface area (Å²) in [6.45, 7) is 2.52. The maximum Gasteiger partial charge on any atom is 0.293 e. The van der Waals surface area contributed by atoms with Crippen LogP contribution >= 0.6 is 0 Å². The van der Waals surface area contributed by atoms with E-state index in [0.29, 0.717) is 30.9 Å². The fourth-order valence-electron chi connectivity index (χ4n) is 3.19. The summed E-state index contributed by atoms with van der Waals surface area (Å²) in [5.41, 5.74) is -0.251.